The minimum atomic E-state index is -1.32. The first-order valence-corrected chi connectivity index (χ1v) is 6.65. The average molecular weight is 335 g/mol. The second-order valence-corrected chi connectivity index (χ2v) is 4.88. The predicted molar refractivity (Wildman–Crippen MR) is 79.4 cm³/mol. The van der Waals surface area contributed by atoms with Crippen molar-refractivity contribution in [3.63, 3.8) is 0 Å². The number of nitrogens with zero attached hydrogens (tertiary/aromatic N) is 4. The molecule has 3 aromatic rings. The number of halogens is 2. The highest BCUT2D eigenvalue weighted by Gasteiger charge is 2.19. The van der Waals surface area contributed by atoms with E-state index in [1.807, 2.05) is 0 Å². The van der Waals surface area contributed by atoms with Gasteiger partial charge in [-0.2, -0.15) is 0 Å². The van der Waals surface area contributed by atoms with E-state index in [1.54, 1.807) is 0 Å². The Bertz CT molecular complexity index is 955. The number of aromatic nitrogens is 2. The molecule has 3 rings (SSSR count). The largest absolute Gasteiger partial charge is 0.504 e. The Morgan fingerprint density at radius 2 is 2.09 bits per heavy atom. The van der Waals surface area contributed by atoms with Crippen molar-refractivity contribution in [3.8, 4) is 5.75 Å². The molecule has 0 aliphatic rings. The summed E-state index contributed by atoms with van der Waals surface area (Å²) in [7, 11) is 0. The Hall–Kier alpha value is -3.00. The Balaban J connectivity index is 2.13. The van der Waals surface area contributed by atoms with Crippen LogP contribution in [0, 0.1) is 5.82 Å². The minimum Gasteiger partial charge on any atom is -0.504 e. The maximum atomic E-state index is 13.1. The number of carboxylic acid groups (broad SMARTS) is 1. The van der Waals surface area contributed by atoms with Gasteiger partial charge < -0.3 is 10.2 Å². The number of azo groups is 1. The van der Waals surface area contributed by atoms with Crippen LogP contribution in [0.5, 0.6) is 5.75 Å². The van der Waals surface area contributed by atoms with Crippen LogP contribution in [0.1, 0.15) is 10.5 Å². The van der Waals surface area contributed by atoms with E-state index in [-0.39, 0.29) is 33.6 Å². The van der Waals surface area contributed by atoms with E-state index in [4.69, 9.17) is 11.6 Å². The zero-order valence-electron chi connectivity index (χ0n) is 11.3. The number of imidazole rings is 1. The summed E-state index contributed by atoms with van der Waals surface area (Å²) in [5.74, 6) is -2.19. The Kier molecular flexibility index (Phi) is 3.67. The van der Waals surface area contributed by atoms with E-state index >= 15 is 0 Å². The standard InChI is InChI=1S/C14H8ClFN4O3/c15-8-6-7(3-4-9(8)16)18-19-13-11(14(22)23)17-12-10(21)2-1-5-20(12)13/h1-6,21H,(H,22,23). The number of rotatable bonds is 3. The summed E-state index contributed by atoms with van der Waals surface area (Å²) < 4.78 is 14.4. The summed E-state index contributed by atoms with van der Waals surface area (Å²) in [6.45, 7) is 0. The average Bonchev–Trinajstić information content (AvgIpc) is 2.89. The lowest BCUT2D eigenvalue weighted by atomic mass is 10.3. The molecule has 1 aromatic carbocycles. The minimum absolute atomic E-state index is 0.0380. The van der Waals surface area contributed by atoms with E-state index in [2.05, 4.69) is 15.2 Å². The molecule has 2 heterocycles. The molecule has 0 fully saturated rings. The molecule has 0 saturated heterocycles. The van der Waals surface area contributed by atoms with E-state index in [1.165, 1.54) is 34.9 Å². The third kappa shape index (κ3) is 2.71. The van der Waals surface area contributed by atoms with Crippen molar-refractivity contribution in [3.05, 3.63) is 53.1 Å². The van der Waals surface area contributed by atoms with Gasteiger partial charge in [0.05, 0.1) is 10.7 Å². The lowest BCUT2D eigenvalue weighted by Crippen LogP contribution is -1.96. The number of fused-ring (bicyclic) bond motifs is 1. The summed E-state index contributed by atoms with van der Waals surface area (Å²) in [4.78, 5) is 15.1. The van der Waals surface area contributed by atoms with Gasteiger partial charge >= 0.3 is 5.97 Å². The van der Waals surface area contributed by atoms with Crippen LogP contribution in [-0.4, -0.2) is 25.6 Å². The number of benzene rings is 1. The van der Waals surface area contributed by atoms with Crippen molar-refractivity contribution in [1.82, 2.24) is 9.38 Å². The lowest BCUT2D eigenvalue weighted by molar-refractivity contribution is 0.0692. The zero-order chi connectivity index (χ0) is 16.6. The fraction of sp³-hybridized carbons (Fsp3) is 0. The summed E-state index contributed by atoms with van der Waals surface area (Å²) >= 11 is 5.65. The summed E-state index contributed by atoms with van der Waals surface area (Å²) in [5.41, 5.74) is -0.0951. The second-order valence-electron chi connectivity index (χ2n) is 4.47. The molecule has 116 valence electrons. The molecule has 7 nitrogen and oxygen atoms in total. The van der Waals surface area contributed by atoms with Crippen LogP contribution in [0.3, 0.4) is 0 Å². The van der Waals surface area contributed by atoms with Gasteiger partial charge in [0.2, 0.25) is 0 Å². The van der Waals surface area contributed by atoms with E-state index in [9.17, 15) is 19.4 Å². The number of aromatic carboxylic acids is 1. The van der Waals surface area contributed by atoms with Crippen LogP contribution in [-0.2, 0) is 0 Å². The molecule has 2 aromatic heterocycles. The SMILES string of the molecule is O=C(O)c1nc2c(O)cccn2c1N=Nc1ccc(F)c(Cl)c1. The van der Waals surface area contributed by atoms with E-state index in [0.29, 0.717) is 0 Å². The number of hydrogen-bond donors (Lipinski definition) is 2. The molecule has 0 saturated carbocycles. The van der Waals surface area contributed by atoms with Gasteiger partial charge in [0.1, 0.15) is 5.82 Å². The predicted octanol–water partition coefficient (Wildman–Crippen LogP) is 3.95. The molecule has 0 unspecified atom stereocenters. The second kappa shape index (κ2) is 5.65. The molecule has 0 amide bonds. The maximum absolute atomic E-state index is 13.1. The Morgan fingerprint density at radius 3 is 2.78 bits per heavy atom. The molecule has 0 radical (unpaired) electrons. The molecule has 0 aliphatic carbocycles. The lowest BCUT2D eigenvalue weighted by Gasteiger charge is -1.98. The Morgan fingerprint density at radius 1 is 1.30 bits per heavy atom. The fourth-order valence-corrected chi connectivity index (χ4v) is 2.11. The summed E-state index contributed by atoms with van der Waals surface area (Å²) in [6, 6.07) is 6.58. The highest BCUT2D eigenvalue weighted by molar-refractivity contribution is 6.31. The first-order chi connectivity index (χ1) is 11.0. The number of hydrogen-bond acceptors (Lipinski definition) is 5. The number of aromatic hydroxyl groups is 1. The molecule has 23 heavy (non-hydrogen) atoms. The monoisotopic (exact) mass is 334 g/mol. The highest BCUT2D eigenvalue weighted by atomic mass is 35.5. The van der Waals surface area contributed by atoms with Crippen LogP contribution in [0.25, 0.3) is 5.65 Å². The molecular weight excluding hydrogens is 327 g/mol. The summed E-state index contributed by atoms with van der Waals surface area (Å²) in [5, 5.41) is 26.5. The normalized spacial score (nSPS) is 11.4. The van der Waals surface area contributed by atoms with Gasteiger partial charge in [0.25, 0.3) is 0 Å². The van der Waals surface area contributed by atoms with Gasteiger partial charge in [-0.3, -0.25) is 4.40 Å². The van der Waals surface area contributed by atoms with Crippen molar-refractivity contribution in [2.45, 2.75) is 0 Å². The highest BCUT2D eigenvalue weighted by Crippen LogP contribution is 2.29. The third-order valence-corrected chi connectivity index (χ3v) is 3.26. The van der Waals surface area contributed by atoms with Gasteiger partial charge in [-0.05, 0) is 30.3 Å². The molecule has 9 heteroatoms. The van der Waals surface area contributed by atoms with E-state index < -0.39 is 11.8 Å². The first-order valence-electron chi connectivity index (χ1n) is 6.27. The van der Waals surface area contributed by atoms with Crippen molar-refractivity contribution >= 4 is 34.7 Å². The zero-order valence-corrected chi connectivity index (χ0v) is 12.1. The van der Waals surface area contributed by atoms with Crippen molar-refractivity contribution in [2.24, 2.45) is 10.2 Å². The van der Waals surface area contributed by atoms with Gasteiger partial charge in [-0.15, -0.1) is 10.2 Å². The van der Waals surface area contributed by atoms with Crippen LogP contribution >= 0.6 is 11.6 Å². The van der Waals surface area contributed by atoms with Gasteiger partial charge in [0.15, 0.2) is 22.9 Å². The van der Waals surface area contributed by atoms with Gasteiger partial charge in [-0.25, -0.2) is 14.2 Å². The molecule has 0 bridgehead atoms. The van der Waals surface area contributed by atoms with Crippen LogP contribution < -0.4 is 0 Å². The van der Waals surface area contributed by atoms with Crippen LogP contribution in [0.4, 0.5) is 15.9 Å². The topological polar surface area (TPSA) is 99.5 Å². The molecule has 2 N–H and O–H groups in total. The Labute approximate surface area is 133 Å². The third-order valence-electron chi connectivity index (χ3n) is 2.97. The number of pyridine rings is 1. The van der Waals surface area contributed by atoms with Crippen LogP contribution in [0.2, 0.25) is 5.02 Å². The van der Waals surface area contributed by atoms with E-state index in [0.717, 1.165) is 6.07 Å². The van der Waals surface area contributed by atoms with Crippen LogP contribution in [0.15, 0.2) is 46.8 Å². The molecule has 0 spiro atoms. The van der Waals surface area contributed by atoms with Crippen molar-refractivity contribution < 1.29 is 19.4 Å². The fourth-order valence-electron chi connectivity index (χ4n) is 1.93. The molecule has 0 aliphatic heterocycles. The van der Waals surface area contributed by atoms with Gasteiger partial charge in [0, 0.05) is 6.20 Å². The molecule has 0 atom stereocenters. The van der Waals surface area contributed by atoms with Gasteiger partial charge in [-0.1, -0.05) is 11.6 Å². The smallest absolute Gasteiger partial charge is 0.358 e. The molecular formula is C14H8ClFN4O3. The number of carboxylic acids is 1. The maximum Gasteiger partial charge on any atom is 0.358 e. The quantitative estimate of drug-likeness (QED) is 0.708. The van der Waals surface area contributed by atoms with Crippen molar-refractivity contribution in [1.29, 1.82) is 0 Å². The summed E-state index contributed by atoms with van der Waals surface area (Å²) in [6.07, 6.45) is 1.49. The first kappa shape index (κ1) is 14.9. The van der Waals surface area contributed by atoms with Crippen molar-refractivity contribution in [2.75, 3.05) is 0 Å². The number of carbonyl (C=O) groups is 1.